The lowest BCUT2D eigenvalue weighted by molar-refractivity contribution is -0.193. The number of aliphatic hydroxyl groups excluding tert-OH is 2. The molecule has 0 spiro atoms. The second-order valence-electron chi connectivity index (χ2n) is 13.0. The summed E-state index contributed by atoms with van der Waals surface area (Å²) in [4.78, 5) is 40.5. The highest BCUT2D eigenvalue weighted by molar-refractivity contribution is 7.99. The lowest BCUT2D eigenvalue weighted by Gasteiger charge is -2.28. The predicted octanol–water partition coefficient (Wildman–Crippen LogP) is 3.63. The van der Waals surface area contributed by atoms with Crippen molar-refractivity contribution in [2.24, 2.45) is 11.7 Å². The normalized spacial score (nSPS) is 26.5. The van der Waals surface area contributed by atoms with Crippen LogP contribution in [0.3, 0.4) is 0 Å². The van der Waals surface area contributed by atoms with E-state index in [4.69, 9.17) is 35.5 Å². The summed E-state index contributed by atoms with van der Waals surface area (Å²) in [5, 5.41) is 52.2. The summed E-state index contributed by atoms with van der Waals surface area (Å²) in [6, 6.07) is 10.2. The fraction of sp³-hybridized carbons (Fsp3) is 0.594. The van der Waals surface area contributed by atoms with E-state index in [1.807, 2.05) is 6.07 Å². The van der Waals surface area contributed by atoms with Gasteiger partial charge >= 0.3 is 24.3 Å². The lowest BCUT2D eigenvalue weighted by Crippen LogP contribution is -2.45. The summed E-state index contributed by atoms with van der Waals surface area (Å²) >= 11 is 1.56. The number of nitrogens with two attached hydrogens (primary N) is 1. The van der Waals surface area contributed by atoms with Gasteiger partial charge in [0.25, 0.3) is 0 Å². The molecule has 1 aromatic carbocycles. The molecule has 0 bridgehead atoms. The van der Waals surface area contributed by atoms with Gasteiger partial charge in [0.05, 0.1) is 18.1 Å². The molecule has 3 aliphatic carbocycles. The monoisotopic (exact) mass is 794 g/mol. The number of aliphatic hydroxyl groups is 2. The Bertz CT molecular complexity index is 1720. The Morgan fingerprint density at radius 3 is 2.07 bits per heavy atom. The van der Waals surface area contributed by atoms with Crippen LogP contribution in [0, 0.1) is 5.92 Å². The molecule has 54 heavy (non-hydrogen) atoms. The van der Waals surface area contributed by atoms with Crippen LogP contribution < -0.4 is 16.4 Å². The predicted molar refractivity (Wildman–Crippen MR) is 180 cm³/mol. The molecular formula is C32H40F6N8O7S. The Labute approximate surface area is 308 Å². The van der Waals surface area contributed by atoms with Crippen molar-refractivity contribution in [3.63, 3.8) is 0 Å². The number of fused-ring (bicyclic) bond motifs is 1. The first-order chi connectivity index (χ1) is 25.3. The minimum atomic E-state index is -5.08. The Kier molecular flexibility index (Phi) is 14.1. The van der Waals surface area contributed by atoms with Crippen molar-refractivity contribution in [3.05, 3.63) is 35.9 Å². The highest BCUT2D eigenvalue weighted by Crippen LogP contribution is 2.44. The van der Waals surface area contributed by atoms with E-state index in [0.29, 0.717) is 28.1 Å². The third-order valence-electron chi connectivity index (χ3n) is 8.98. The number of hydrogen-bond donors (Lipinski definition) is 7. The Morgan fingerprint density at radius 2 is 1.52 bits per heavy atom. The number of benzene rings is 1. The number of carbonyl (C=O) groups excluding carboxylic acids is 1. The molecule has 22 heteroatoms. The van der Waals surface area contributed by atoms with Crippen LogP contribution in [0.5, 0.6) is 0 Å². The molecule has 2 heterocycles. The molecule has 8 N–H and O–H groups in total. The van der Waals surface area contributed by atoms with E-state index in [0.717, 1.165) is 44.3 Å². The molecule has 3 saturated carbocycles. The number of thioether (sulfide) groups is 1. The van der Waals surface area contributed by atoms with E-state index in [9.17, 15) is 41.4 Å². The van der Waals surface area contributed by atoms with Crippen LogP contribution in [-0.4, -0.2) is 112 Å². The summed E-state index contributed by atoms with van der Waals surface area (Å²) in [6.07, 6.45) is -6.95. The van der Waals surface area contributed by atoms with E-state index >= 15 is 0 Å². The molecule has 6 atom stereocenters. The van der Waals surface area contributed by atoms with Gasteiger partial charge in [-0.2, -0.15) is 26.3 Å². The smallest absolute Gasteiger partial charge is 0.475 e. The molecule has 6 rings (SSSR count). The van der Waals surface area contributed by atoms with Crippen molar-refractivity contribution in [2.75, 3.05) is 11.1 Å². The highest BCUT2D eigenvalue weighted by atomic mass is 32.2. The number of aromatic nitrogens is 5. The zero-order valence-electron chi connectivity index (χ0n) is 28.7. The van der Waals surface area contributed by atoms with Crippen molar-refractivity contribution < 1.29 is 61.2 Å². The van der Waals surface area contributed by atoms with Crippen LogP contribution in [0.1, 0.15) is 69.4 Å². The van der Waals surface area contributed by atoms with Gasteiger partial charge in [0.1, 0.15) is 6.10 Å². The average molecular weight is 795 g/mol. The largest absolute Gasteiger partial charge is 0.490 e. The molecule has 0 unspecified atom stereocenters. The van der Waals surface area contributed by atoms with Crippen molar-refractivity contribution in [2.45, 2.75) is 112 Å². The molecule has 1 amide bonds. The first-order valence-electron chi connectivity index (χ1n) is 16.9. The number of nitrogens with zero attached hydrogens (tertiary/aromatic N) is 5. The van der Waals surface area contributed by atoms with E-state index in [1.54, 1.807) is 16.4 Å². The fourth-order valence-electron chi connectivity index (χ4n) is 6.07. The number of carbonyl (C=O) groups is 3. The van der Waals surface area contributed by atoms with Crippen LogP contribution in [0.4, 0.5) is 32.2 Å². The van der Waals surface area contributed by atoms with E-state index in [-0.39, 0.29) is 30.5 Å². The van der Waals surface area contributed by atoms with Gasteiger partial charge in [-0.3, -0.25) is 4.79 Å². The minimum Gasteiger partial charge on any atom is -0.475 e. The van der Waals surface area contributed by atoms with Crippen LogP contribution >= 0.6 is 11.8 Å². The maximum absolute atomic E-state index is 13.1. The van der Waals surface area contributed by atoms with Crippen molar-refractivity contribution >= 4 is 46.6 Å². The number of nitrogens with one attached hydrogen (secondary N) is 2. The van der Waals surface area contributed by atoms with Gasteiger partial charge in [-0.25, -0.2) is 24.2 Å². The van der Waals surface area contributed by atoms with Gasteiger partial charge in [-0.05, 0) is 50.5 Å². The average Bonchev–Trinajstić information content (AvgIpc) is 3.65. The van der Waals surface area contributed by atoms with Gasteiger partial charge in [0.2, 0.25) is 5.91 Å². The molecule has 298 valence electrons. The summed E-state index contributed by atoms with van der Waals surface area (Å²) in [5.74, 6) is -4.62. The van der Waals surface area contributed by atoms with Crippen LogP contribution in [0.25, 0.3) is 11.2 Å². The molecule has 0 radical (unpaired) electrons. The number of anilines is 1. The minimum absolute atomic E-state index is 0.0459. The number of hydrogen-bond acceptors (Lipinski definition) is 12. The van der Waals surface area contributed by atoms with E-state index in [1.165, 1.54) is 5.56 Å². The Balaban J connectivity index is 0.000000396. The molecule has 0 aliphatic heterocycles. The SMILES string of the molecule is CCCSc1nc(N[C@@H]2C[C@H]2c2ccccc2)c2nnn([C@H]3C[C@@H](C(=O)NC4CCC(N)CC4)[C@H](O)[C@@H]3O)c2n1.O=C(O)C(F)(F)F.O=C(O)C(F)(F)F. The number of carboxylic acids is 2. The molecule has 3 aliphatic rings. The zero-order valence-corrected chi connectivity index (χ0v) is 29.5. The second-order valence-corrected chi connectivity index (χ2v) is 14.1. The standard InChI is InChI=1S/C28H38N8O3S.2C2HF3O2/c1-2-12-40-28-32-25(31-20-13-18(20)15-6-4-3-5-7-15)22-26(33-28)36(35-34-22)21-14-19(23(37)24(21)38)27(39)30-17-10-8-16(29)9-11-17;2*3-2(4,5)1(6)7/h3-7,16-21,23-24,37-38H,2,8-14,29H2,1H3,(H,30,39)(H,31,32,33);2*(H,6,7)/t16?,17?,18-,19+,20+,21-,23-,24+;;/m0../s1. The molecule has 3 fully saturated rings. The number of carboxylic acid groups (broad SMARTS) is 2. The van der Waals surface area contributed by atoms with Crippen LogP contribution in [0.15, 0.2) is 35.5 Å². The van der Waals surface area contributed by atoms with E-state index < -0.39 is 48.5 Å². The maximum Gasteiger partial charge on any atom is 0.490 e. The van der Waals surface area contributed by atoms with Crippen molar-refractivity contribution in [3.8, 4) is 0 Å². The molecule has 0 saturated heterocycles. The Morgan fingerprint density at radius 1 is 0.926 bits per heavy atom. The number of rotatable bonds is 9. The number of alkyl halides is 6. The second kappa shape index (κ2) is 17.9. The topological polar surface area (TPSA) is 239 Å². The third-order valence-corrected chi connectivity index (χ3v) is 10.0. The first-order valence-corrected chi connectivity index (χ1v) is 17.9. The number of halogens is 6. The summed E-state index contributed by atoms with van der Waals surface area (Å²) in [5.41, 5.74) is 8.30. The van der Waals surface area contributed by atoms with Gasteiger partial charge in [0.15, 0.2) is 22.1 Å². The van der Waals surface area contributed by atoms with Crippen molar-refractivity contribution in [1.29, 1.82) is 0 Å². The quantitative estimate of drug-likeness (QED) is 0.0931. The van der Waals surface area contributed by atoms with E-state index in [2.05, 4.69) is 52.1 Å². The fourth-order valence-corrected chi connectivity index (χ4v) is 6.77. The summed E-state index contributed by atoms with van der Waals surface area (Å²) in [7, 11) is 0. The first kappa shape index (κ1) is 42.5. The molecule has 2 aromatic heterocycles. The van der Waals surface area contributed by atoms with Crippen molar-refractivity contribution in [1.82, 2.24) is 30.3 Å². The van der Waals surface area contributed by atoms with Gasteiger partial charge in [0, 0.05) is 29.8 Å². The number of amides is 1. The highest BCUT2D eigenvalue weighted by Gasteiger charge is 2.48. The summed E-state index contributed by atoms with van der Waals surface area (Å²) in [6.45, 7) is 2.11. The molecule has 3 aromatic rings. The van der Waals surface area contributed by atoms with Gasteiger partial charge < -0.3 is 36.8 Å². The van der Waals surface area contributed by atoms with Crippen LogP contribution in [-0.2, 0) is 14.4 Å². The maximum atomic E-state index is 13.1. The third kappa shape index (κ3) is 11.1. The Hall–Kier alpha value is -4.28. The van der Waals surface area contributed by atoms with Gasteiger partial charge in [-0.1, -0.05) is 54.2 Å². The summed E-state index contributed by atoms with van der Waals surface area (Å²) < 4.78 is 65.0. The lowest BCUT2D eigenvalue weighted by atomic mass is 9.91. The number of aliphatic carboxylic acids is 2. The molecular weight excluding hydrogens is 754 g/mol. The zero-order chi connectivity index (χ0) is 40.0. The van der Waals surface area contributed by atoms with Crippen LogP contribution in [0.2, 0.25) is 0 Å². The van der Waals surface area contributed by atoms with Gasteiger partial charge in [-0.15, -0.1) is 5.10 Å². The molecule has 15 nitrogen and oxygen atoms in total.